The van der Waals surface area contributed by atoms with E-state index in [4.69, 9.17) is 13.8 Å². The third kappa shape index (κ3) is 69.4. The van der Waals surface area contributed by atoms with Gasteiger partial charge < -0.3 is 14.1 Å². The molecule has 0 aromatic rings. The predicted molar refractivity (Wildman–Crippen MR) is 239 cm³/mol. The minimum absolute atomic E-state index is 0.0317. The van der Waals surface area contributed by atoms with Gasteiger partial charge in [-0.05, 0) is 40.0 Å². The molecule has 0 aromatic carbocycles. The summed E-state index contributed by atoms with van der Waals surface area (Å²) in [4.78, 5) is 22.4. The maximum Gasteiger partial charge on any atom is 0.472 e. The van der Waals surface area contributed by atoms with Gasteiger partial charge in [-0.15, -0.1) is 26.3 Å². The van der Waals surface area contributed by atoms with Gasteiger partial charge in [-0.1, -0.05) is 160 Å². The molecule has 0 saturated carbocycles. The Balaban J connectivity index is -0.000000467. The molecule has 0 amide bonds. The molecule has 0 bridgehead atoms. The summed E-state index contributed by atoms with van der Waals surface area (Å²) < 4.78 is 29.1. The summed E-state index contributed by atoms with van der Waals surface area (Å²) in [7, 11) is 1.75. The van der Waals surface area contributed by atoms with E-state index in [0.29, 0.717) is 30.7 Å². The second-order valence-electron chi connectivity index (χ2n) is 14.2. The second-order valence-corrected chi connectivity index (χ2v) is 17.0. The molecule has 318 valence electrons. The van der Waals surface area contributed by atoms with Gasteiger partial charge in [0, 0.05) is 13.0 Å². The molecule has 7 nitrogen and oxygen atoms in total. The summed E-state index contributed by atoms with van der Waals surface area (Å²) in [6.07, 6.45) is 31.4. The Morgan fingerprint density at radius 3 is 1.45 bits per heavy atom. The minimum atomic E-state index is -4.18. The van der Waals surface area contributed by atoms with Crippen LogP contribution >= 0.6 is 19.6 Å². The van der Waals surface area contributed by atoms with Crippen molar-refractivity contribution in [2.24, 2.45) is 0 Å². The lowest BCUT2D eigenvalue weighted by molar-refractivity contribution is -0.870. The van der Waals surface area contributed by atoms with Gasteiger partial charge in [0.05, 0.1) is 39.6 Å². The highest BCUT2D eigenvalue weighted by atomic mass is 32.2. The number of carbonyl (C=O) groups excluding carboxylic acids is 1. The molecule has 1 N–H and O–H groups in total. The Labute approximate surface area is 336 Å². The molecule has 0 aliphatic rings. The number of phosphoric acid groups is 1. The third-order valence-corrected chi connectivity index (χ3v) is 9.24. The average molecular weight is 793 g/mol. The van der Waals surface area contributed by atoms with E-state index < -0.39 is 7.82 Å². The Morgan fingerprint density at radius 1 is 0.660 bits per heavy atom. The quantitative estimate of drug-likeness (QED) is 0.0324. The van der Waals surface area contributed by atoms with E-state index in [-0.39, 0.29) is 23.6 Å². The molecule has 2 atom stereocenters. The van der Waals surface area contributed by atoms with Crippen molar-refractivity contribution in [1.29, 1.82) is 0 Å². The smallest absolute Gasteiger partial charge is 0.380 e. The van der Waals surface area contributed by atoms with E-state index in [9.17, 15) is 14.3 Å². The molecular weight excluding hydrogens is 702 g/mol. The molecule has 0 fully saturated rings. The lowest BCUT2D eigenvalue weighted by atomic mass is 10.0. The highest BCUT2D eigenvalue weighted by molar-refractivity contribution is 8.14. The summed E-state index contributed by atoms with van der Waals surface area (Å²) >= 11 is 1.14. The van der Waals surface area contributed by atoms with Crippen molar-refractivity contribution < 1.29 is 32.5 Å². The number of rotatable bonds is 31. The SMILES string of the molecule is C=CC.C=CC.C=CC.C=CCCCC(=O)S[C@H](COCCCCCCCCCCCCCCCC)COP(=O)(O)OCC[N+](C)(C)C.CCCCC. The van der Waals surface area contributed by atoms with Crippen LogP contribution in [0.15, 0.2) is 50.6 Å². The summed E-state index contributed by atoms with van der Waals surface area (Å²) in [6.45, 7) is 27.7. The molecule has 0 saturated heterocycles. The maximum absolute atomic E-state index is 12.4. The predicted octanol–water partition coefficient (Wildman–Crippen LogP) is 14.1. The van der Waals surface area contributed by atoms with Gasteiger partial charge in [0.1, 0.15) is 13.2 Å². The number of nitrogens with zero attached hydrogens (tertiary/aromatic N) is 1. The number of hydrogen-bond acceptors (Lipinski definition) is 6. The zero-order valence-electron chi connectivity index (χ0n) is 36.7. The Bertz CT molecular complexity index is 802. The van der Waals surface area contributed by atoms with Gasteiger partial charge in [0.2, 0.25) is 0 Å². The van der Waals surface area contributed by atoms with Crippen molar-refractivity contribution in [3.63, 3.8) is 0 Å². The molecule has 0 rings (SSSR count). The number of allylic oxidation sites excluding steroid dienone is 4. The number of likely N-dealkylation sites (N-methyl/N-ethyl adjacent to an activating group) is 1. The molecule has 0 aromatic heterocycles. The lowest BCUT2D eigenvalue weighted by Crippen LogP contribution is -2.37. The normalized spacial score (nSPS) is 12.0. The molecule has 9 heteroatoms. The van der Waals surface area contributed by atoms with Crippen molar-refractivity contribution in [2.75, 3.05) is 54.1 Å². The monoisotopic (exact) mass is 793 g/mol. The lowest BCUT2D eigenvalue weighted by Gasteiger charge is -2.24. The molecule has 0 aliphatic heterocycles. The van der Waals surface area contributed by atoms with Crippen LogP contribution in [0.1, 0.15) is 170 Å². The van der Waals surface area contributed by atoms with Crippen LogP contribution in [0.3, 0.4) is 0 Å². The zero-order valence-corrected chi connectivity index (χ0v) is 38.4. The van der Waals surface area contributed by atoms with Crippen LogP contribution < -0.4 is 0 Å². The van der Waals surface area contributed by atoms with Gasteiger partial charge in [-0.2, -0.15) is 0 Å². The molecule has 0 heterocycles. The van der Waals surface area contributed by atoms with E-state index in [0.717, 1.165) is 37.4 Å². The first-order chi connectivity index (χ1) is 25.3. The summed E-state index contributed by atoms with van der Waals surface area (Å²) in [5.41, 5.74) is 0. The van der Waals surface area contributed by atoms with Crippen molar-refractivity contribution in [2.45, 2.75) is 175 Å². The van der Waals surface area contributed by atoms with Crippen molar-refractivity contribution >= 4 is 24.7 Å². The van der Waals surface area contributed by atoms with Gasteiger partial charge in [0.15, 0.2) is 5.12 Å². The first kappa shape index (κ1) is 61.2. The highest BCUT2D eigenvalue weighted by Crippen LogP contribution is 2.43. The fourth-order valence-corrected chi connectivity index (χ4v) is 6.15. The summed E-state index contributed by atoms with van der Waals surface area (Å²) in [5.74, 6) is 0. The maximum atomic E-state index is 12.4. The number of carbonyl (C=O) groups is 1. The highest BCUT2D eigenvalue weighted by Gasteiger charge is 2.26. The van der Waals surface area contributed by atoms with E-state index in [1.165, 1.54) is 96.3 Å². The topological polar surface area (TPSA) is 82.1 Å². The first-order valence-corrected chi connectivity index (χ1v) is 23.1. The van der Waals surface area contributed by atoms with Gasteiger partial charge in [0.25, 0.3) is 0 Å². The molecule has 0 aliphatic carbocycles. The standard InChI is InChI=1S/C30H60NO6PS.C5H12.3C3H6/c1-6-8-10-11-12-13-14-15-16-17-18-19-20-22-25-35-27-29(39-30(32)23-21-9-7-2)28-37-38(33,34)36-26-24-31(3,4)5;1-3-5-4-2;3*1-3-2/h7,29H,2,6,8-28H2,1,3-5H3;3-5H2,1-2H3;3*3H,1H2,2H3/p+1/t29-;;;;/m1..../s1. The van der Waals surface area contributed by atoms with E-state index in [1.807, 2.05) is 41.9 Å². The van der Waals surface area contributed by atoms with Crippen LogP contribution in [0.2, 0.25) is 0 Å². The Morgan fingerprint density at radius 2 is 1.08 bits per heavy atom. The number of unbranched alkanes of at least 4 members (excludes halogenated alkanes) is 16. The molecular formula is C44H91NO6PS+. The van der Waals surface area contributed by atoms with Gasteiger partial charge in [-0.3, -0.25) is 13.8 Å². The number of quaternary nitrogens is 1. The zero-order chi connectivity index (χ0) is 41.5. The largest absolute Gasteiger partial charge is 0.472 e. The summed E-state index contributed by atoms with van der Waals surface area (Å²) in [5, 5.41) is -0.320. The molecule has 0 radical (unpaired) electrons. The van der Waals surface area contributed by atoms with Crippen molar-refractivity contribution in [3.8, 4) is 0 Å². The third-order valence-electron chi connectivity index (χ3n) is 7.18. The van der Waals surface area contributed by atoms with Crippen LogP contribution in [0, 0.1) is 0 Å². The van der Waals surface area contributed by atoms with Crippen LogP contribution in [-0.2, 0) is 23.1 Å². The van der Waals surface area contributed by atoms with Crippen LogP contribution in [-0.4, -0.2) is 73.9 Å². The Hall–Kier alpha value is -0.990. The molecule has 1 unspecified atom stereocenters. The molecule has 53 heavy (non-hydrogen) atoms. The van der Waals surface area contributed by atoms with Crippen LogP contribution in [0.5, 0.6) is 0 Å². The Kier molecular flexibility index (Phi) is 58.9. The van der Waals surface area contributed by atoms with Crippen LogP contribution in [0.25, 0.3) is 0 Å². The molecule has 0 spiro atoms. The van der Waals surface area contributed by atoms with Crippen LogP contribution in [0.4, 0.5) is 0 Å². The van der Waals surface area contributed by atoms with Gasteiger partial charge >= 0.3 is 7.82 Å². The van der Waals surface area contributed by atoms with E-state index in [1.54, 1.807) is 24.3 Å². The van der Waals surface area contributed by atoms with Crippen molar-refractivity contribution in [1.82, 2.24) is 0 Å². The fraction of sp³-hybridized carbons (Fsp3) is 0.795. The first-order valence-electron chi connectivity index (χ1n) is 20.8. The number of ether oxygens (including phenoxy) is 1. The number of thioether (sulfide) groups is 1. The fourth-order valence-electron chi connectivity index (χ4n) is 4.36. The number of phosphoric ester groups is 1. The van der Waals surface area contributed by atoms with Crippen molar-refractivity contribution in [3.05, 3.63) is 50.6 Å². The van der Waals surface area contributed by atoms with Gasteiger partial charge in [-0.25, -0.2) is 4.57 Å². The summed E-state index contributed by atoms with van der Waals surface area (Å²) in [6, 6.07) is 0. The van der Waals surface area contributed by atoms with E-state index in [2.05, 4.69) is 47.1 Å². The second kappa shape index (κ2) is 51.0. The average Bonchev–Trinajstić information content (AvgIpc) is 3.08. The minimum Gasteiger partial charge on any atom is -0.380 e. The number of hydrogen-bond donors (Lipinski definition) is 1. The van der Waals surface area contributed by atoms with E-state index >= 15 is 0 Å².